The predicted octanol–water partition coefficient (Wildman–Crippen LogP) is 1.22. The number of ether oxygens (including phenoxy) is 1. The van der Waals surface area contributed by atoms with Crippen LogP contribution in [0.15, 0.2) is 0 Å². The molecule has 98 valence electrons. The zero-order valence-corrected chi connectivity index (χ0v) is 10.9. The molecule has 3 atom stereocenters. The van der Waals surface area contributed by atoms with E-state index in [0.717, 1.165) is 32.6 Å². The maximum atomic E-state index is 12.2. The fourth-order valence-electron chi connectivity index (χ4n) is 2.67. The summed E-state index contributed by atoms with van der Waals surface area (Å²) in [5.41, 5.74) is 0. The summed E-state index contributed by atoms with van der Waals surface area (Å²) >= 11 is 0. The van der Waals surface area contributed by atoms with Crippen molar-refractivity contribution in [3.05, 3.63) is 0 Å². The molecule has 0 aliphatic carbocycles. The molecule has 2 aliphatic heterocycles. The average molecular weight is 240 g/mol. The van der Waals surface area contributed by atoms with Gasteiger partial charge in [-0.3, -0.25) is 10.1 Å². The van der Waals surface area contributed by atoms with Crippen LogP contribution in [0.2, 0.25) is 0 Å². The summed E-state index contributed by atoms with van der Waals surface area (Å²) < 4.78 is 5.46. The molecule has 2 rings (SSSR count). The second kappa shape index (κ2) is 5.83. The van der Waals surface area contributed by atoms with Crippen molar-refractivity contribution in [3.63, 3.8) is 0 Å². The van der Waals surface area contributed by atoms with Gasteiger partial charge in [-0.1, -0.05) is 20.3 Å². The Bertz CT molecular complexity index is 264. The molecule has 4 heteroatoms. The molecule has 0 bridgehead atoms. The minimum Gasteiger partial charge on any atom is -0.381 e. The van der Waals surface area contributed by atoms with Crippen molar-refractivity contribution < 1.29 is 9.53 Å². The Kier molecular flexibility index (Phi) is 4.40. The lowest BCUT2D eigenvalue weighted by Gasteiger charge is -2.26. The molecule has 17 heavy (non-hydrogen) atoms. The van der Waals surface area contributed by atoms with Crippen LogP contribution in [0.3, 0.4) is 0 Å². The van der Waals surface area contributed by atoms with Crippen molar-refractivity contribution in [2.24, 2.45) is 11.8 Å². The first-order valence-corrected chi connectivity index (χ1v) is 6.82. The lowest BCUT2D eigenvalue weighted by molar-refractivity contribution is -0.130. The number of nitrogens with zero attached hydrogens (tertiary/aromatic N) is 1. The first-order valence-electron chi connectivity index (χ1n) is 6.82. The van der Waals surface area contributed by atoms with Crippen LogP contribution in [-0.4, -0.2) is 43.3 Å². The van der Waals surface area contributed by atoms with Gasteiger partial charge in [0, 0.05) is 19.1 Å². The van der Waals surface area contributed by atoms with E-state index in [1.165, 1.54) is 6.42 Å². The Hall–Kier alpha value is -0.610. The van der Waals surface area contributed by atoms with Gasteiger partial charge in [0.15, 0.2) is 0 Å². The average Bonchev–Trinajstić information content (AvgIpc) is 2.72. The number of rotatable bonds is 4. The Morgan fingerprint density at radius 2 is 2.41 bits per heavy atom. The summed E-state index contributed by atoms with van der Waals surface area (Å²) in [6.07, 6.45) is 3.37. The Morgan fingerprint density at radius 3 is 3.06 bits per heavy atom. The highest BCUT2D eigenvalue weighted by Gasteiger charge is 2.35. The van der Waals surface area contributed by atoms with Crippen LogP contribution in [0.5, 0.6) is 0 Å². The summed E-state index contributed by atoms with van der Waals surface area (Å²) in [4.78, 5) is 14.2. The third kappa shape index (κ3) is 2.99. The van der Waals surface area contributed by atoms with Gasteiger partial charge in [0.1, 0.15) is 0 Å². The summed E-state index contributed by atoms with van der Waals surface area (Å²) in [5.74, 6) is 1.24. The van der Waals surface area contributed by atoms with Crippen LogP contribution in [0.1, 0.15) is 33.1 Å². The van der Waals surface area contributed by atoms with E-state index in [4.69, 9.17) is 4.74 Å². The van der Waals surface area contributed by atoms with Crippen LogP contribution < -0.4 is 5.32 Å². The molecule has 2 fully saturated rings. The Labute approximate surface area is 104 Å². The minimum atomic E-state index is 0.0320. The molecule has 2 heterocycles. The van der Waals surface area contributed by atoms with Gasteiger partial charge in [-0.05, 0) is 18.8 Å². The van der Waals surface area contributed by atoms with Crippen molar-refractivity contribution in [2.45, 2.75) is 39.2 Å². The molecule has 1 amide bonds. The molecule has 0 aromatic carbocycles. The number of carbonyl (C=O) groups is 1. The van der Waals surface area contributed by atoms with E-state index in [-0.39, 0.29) is 11.9 Å². The molecule has 0 radical (unpaired) electrons. The lowest BCUT2D eigenvalue weighted by Crippen LogP contribution is -2.38. The first kappa shape index (κ1) is 12.8. The summed E-state index contributed by atoms with van der Waals surface area (Å²) in [5, 5.41) is 3.33. The van der Waals surface area contributed by atoms with Gasteiger partial charge >= 0.3 is 0 Å². The van der Waals surface area contributed by atoms with Gasteiger partial charge in [-0.2, -0.15) is 0 Å². The molecule has 0 saturated carbocycles. The summed E-state index contributed by atoms with van der Waals surface area (Å²) in [6, 6.07) is 0.0320. The normalized spacial score (nSPS) is 31.9. The van der Waals surface area contributed by atoms with Crippen molar-refractivity contribution in [1.82, 2.24) is 10.2 Å². The molecule has 2 aliphatic rings. The number of hydrogen-bond donors (Lipinski definition) is 1. The fourth-order valence-corrected chi connectivity index (χ4v) is 2.67. The van der Waals surface area contributed by atoms with Crippen LogP contribution in [0.4, 0.5) is 0 Å². The van der Waals surface area contributed by atoms with E-state index >= 15 is 0 Å². The van der Waals surface area contributed by atoms with Crippen molar-refractivity contribution >= 4 is 5.91 Å². The molecule has 0 aromatic heterocycles. The smallest absolute Gasteiger partial charge is 0.241 e. The van der Waals surface area contributed by atoms with Gasteiger partial charge in [0.2, 0.25) is 5.91 Å². The van der Waals surface area contributed by atoms with E-state index in [1.807, 2.05) is 4.90 Å². The van der Waals surface area contributed by atoms with Gasteiger partial charge in [0.25, 0.3) is 0 Å². The first-order chi connectivity index (χ1) is 8.22. The number of hydrogen-bond acceptors (Lipinski definition) is 3. The van der Waals surface area contributed by atoms with E-state index < -0.39 is 0 Å². The zero-order valence-electron chi connectivity index (χ0n) is 10.9. The standard InChI is InChI=1S/C13H24N2O2/c1-3-10(2)12-13(16)15(9-14-12)7-11-5-4-6-17-8-11/h10-12,14H,3-9H2,1-2H3. The second-order valence-electron chi connectivity index (χ2n) is 5.37. The minimum absolute atomic E-state index is 0.0320. The van der Waals surface area contributed by atoms with Crippen LogP contribution in [0.25, 0.3) is 0 Å². The van der Waals surface area contributed by atoms with Crippen molar-refractivity contribution in [1.29, 1.82) is 0 Å². The largest absolute Gasteiger partial charge is 0.381 e. The molecular weight excluding hydrogens is 216 g/mol. The van der Waals surface area contributed by atoms with Crippen LogP contribution >= 0.6 is 0 Å². The molecule has 0 spiro atoms. The molecule has 1 N–H and O–H groups in total. The molecular formula is C13H24N2O2. The predicted molar refractivity (Wildman–Crippen MR) is 66.5 cm³/mol. The Balaban J connectivity index is 1.84. The number of amides is 1. The van der Waals surface area contributed by atoms with Gasteiger partial charge in [-0.25, -0.2) is 0 Å². The van der Waals surface area contributed by atoms with Crippen LogP contribution in [0, 0.1) is 11.8 Å². The quantitative estimate of drug-likeness (QED) is 0.803. The van der Waals surface area contributed by atoms with Crippen molar-refractivity contribution in [3.8, 4) is 0 Å². The number of nitrogens with one attached hydrogen (secondary N) is 1. The zero-order chi connectivity index (χ0) is 12.3. The monoisotopic (exact) mass is 240 g/mol. The molecule has 3 unspecified atom stereocenters. The van der Waals surface area contributed by atoms with Gasteiger partial charge < -0.3 is 9.64 Å². The maximum Gasteiger partial charge on any atom is 0.241 e. The van der Waals surface area contributed by atoms with Gasteiger partial charge in [0.05, 0.1) is 19.3 Å². The van der Waals surface area contributed by atoms with E-state index in [2.05, 4.69) is 19.2 Å². The molecule has 0 aromatic rings. The van der Waals surface area contributed by atoms with E-state index in [0.29, 0.717) is 18.5 Å². The van der Waals surface area contributed by atoms with E-state index in [9.17, 15) is 4.79 Å². The highest BCUT2D eigenvalue weighted by molar-refractivity contribution is 5.84. The van der Waals surface area contributed by atoms with Gasteiger partial charge in [-0.15, -0.1) is 0 Å². The maximum absolute atomic E-state index is 12.2. The summed E-state index contributed by atoms with van der Waals surface area (Å²) in [7, 11) is 0. The number of carbonyl (C=O) groups excluding carboxylic acids is 1. The SMILES string of the molecule is CCC(C)C1NCN(CC2CCCOC2)C1=O. The molecule has 4 nitrogen and oxygen atoms in total. The van der Waals surface area contributed by atoms with Crippen molar-refractivity contribution in [2.75, 3.05) is 26.4 Å². The lowest BCUT2D eigenvalue weighted by atomic mass is 9.98. The summed E-state index contributed by atoms with van der Waals surface area (Å²) in [6.45, 7) is 7.55. The third-order valence-corrected chi connectivity index (χ3v) is 4.03. The highest BCUT2D eigenvalue weighted by Crippen LogP contribution is 2.19. The highest BCUT2D eigenvalue weighted by atomic mass is 16.5. The third-order valence-electron chi connectivity index (χ3n) is 4.03. The van der Waals surface area contributed by atoms with E-state index in [1.54, 1.807) is 0 Å². The molecule has 2 saturated heterocycles. The second-order valence-corrected chi connectivity index (χ2v) is 5.37. The Morgan fingerprint density at radius 1 is 1.59 bits per heavy atom. The fraction of sp³-hybridized carbons (Fsp3) is 0.923. The van der Waals surface area contributed by atoms with Crippen LogP contribution in [-0.2, 0) is 9.53 Å². The topological polar surface area (TPSA) is 41.6 Å².